The van der Waals surface area contributed by atoms with Crippen LogP contribution in [0.3, 0.4) is 0 Å². The van der Waals surface area contributed by atoms with E-state index in [-0.39, 0.29) is 18.0 Å². The summed E-state index contributed by atoms with van der Waals surface area (Å²) in [6.07, 6.45) is 1.12. The van der Waals surface area contributed by atoms with Gasteiger partial charge in [0.2, 0.25) is 0 Å². The fraction of sp³-hybridized carbons (Fsp3) is 0.750. The van der Waals surface area contributed by atoms with Crippen LogP contribution >= 0.6 is 0 Å². The number of carbonyl (C=O) groups is 1. The largest absolute Gasteiger partial charge is 0.431 e. The monoisotopic (exact) mass is 212 g/mol. The van der Waals surface area contributed by atoms with Crippen LogP contribution in [0.1, 0.15) is 34.1 Å². The van der Waals surface area contributed by atoms with Crippen LogP contribution in [0.2, 0.25) is 0 Å². The maximum atomic E-state index is 11.5. The van der Waals surface area contributed by atoms with E-state index in [1.54, 1.807) is 0 Å². The van der Waals surface area contributed by atoms with E-state index in [9.17, 15) is 4.79 Å². The van der Waals surface area contributed by atoms with E-state index in [1.165, 1.54) is 0 Å². The van der Waals surface area contributed by atoms with Gasteiger partial charge in [-0.05, 0) is 34.1 Å². The van der Waals surface area contributed by atoms with Crippen molar-refractivity contribution in [1.82, 2.24) is 0 Å². The van der Waals surface area contributed by atoms with Gasteiger partial charge in [-0.1, -0.05) is 6.58 Å². The van der Waals surface area contributed by atoms with Crippen LogP contribution in [-0.2, 0) is 14.3 Å². The molecule has 2 atom stereocenters. The third-order valence-electron chi connectivity index (χ3n) is 2.36. The summed E-state index contributed by atoms with van der Waals surface area (Å²) in [6.45, 7) is 11.9. The van der Waals surface area contributed by atoms with Crippen LogP contribution in [0, 0.1) is 11.3 Å². The summed E-state index contributed by atoms with van der Waals surface area (Å²) in [4.78, 5) is 11.5. The van der Waals surface area contributed by atoms with E-state index in [1.807, 2.05) is 27.7 Å². The lowest BCUT2D eigenvalue weighted by atomic mass is 9.97. The van der Waals surface area contributed by atoms with Crippen molar-refractivity contribution in [3.63, 3.8) is 0 Å². The standard InChI is InChI=1S/C12H20O3/c1-6-14-10-7-9(10)8(2)15-11(13)12(3,4)5/h9-10H,2,6-7H2,1,3-5H3/t9-,10+/m0/s1. The van der Waals surface area contributed by atoms with Gasteiger partial charge in [0, 0.05) is 12.5 Å². The summed E-state index contributed by atoms with van der Waals surface area (Å²) in [7, 11) is 0. The summed E-state index contributed by atoms with van der Waals surface area (Å²) in [5.74, 6) is 0.527. The molecule has 0 aromatic carbocycles. The summed E-state index contributed by atoms with van der Waals surface area (Å²) in [5, 5.41) is 0. The number of esters is 1. The van der Waals surface area contributed by atoms with Crippen LogP contribution in [0.4, 0.5) is 0 Å². The lowest BCUT2D eigenvalue weighted by Crippen LogP contribution is -2.23. The van der Waals surface area contributed by atoms with Crippen LogP contribution in [-0.4, -0.2) is 18.7 Å². The Kier molecular flexibility index (Phi) is 3.55. The zero-order valence-electron chi connectivity index (χ0n) is 10.0. The summed E-state index contributed by atoms with van der Waals surface area (Å²) in [5.41, 5.74) is -0.473. The number of rotatable bonds is 4. The molecule has 0 saturated heterocycles. The van der Waals surface area contributed by atoms with Gasteiger partial charge in [-0.15, -0.1) is 0 Å². The first-order valence-corrected chi connectivity index (χ1v) is 5.39. The topological polar surface area (TPSA) is 35.5 Å². The Morgan fingerprint density at radius 1 is 1.47 bits per heavy atom. The van der Waals surface area contributed by atoms with Gasteiger partial charge in [-0.25, -0.2) is 0 Å². The van der Waals surface area contributed by atoms with Crippen LogP contribution in [0.5, 0.6) is 0 Å². The Bertz CT molecular complexity index is 263. The highest BCUT2D eigenvalue weighted by Gasteiger charge is 2.42. The summed E-state index contributed by atoms with van der Waals surface area (Å²) >= 11 is 0. The van der Waals surface area contributed by atoms with Gasteiger partial charge in [-0.3, -0.25) is 4.79 Å². The zero-order valence-corrected chi connectivity index (χ0v) is 10.0. The maximum absolute atomic E-state index is 11.5. The second-order valence-corrected chi connectivity index (χ2v) is 4.94. The molecule has 0 aliphatic heterocycles. The molecule has 15 heavy (non-hydrogen) atoms. The molecular weight excluding hydrogens is 192 g/mol. The minimum Gasteiger partial charge on any atom is -0.431 e. The Morgan fingerprint density at radius 2 is 2.07 bits per heavy atom. The molecule has 1 fully saturated rings. The van der Waals surface area contributed by atoms with E-state index in [4.69, 9.17) is 9.47 Å². The van der Waals surface area contributed by atoms with Crippen molar-refractivity contribution < 1.29 is 14.3 Å². The molecule has 1 aliphatic carbocycles. The van der Waals surface area contributed by atoms with E-state index >= 15 is 0 Å². The van der Waals surface area contributed by atoms with Crippen LogP contribution in [0.15, 0.2) is 12.3 Å². The molecule has 86 valence electrons. The quantitative estimate of drug-likeness (QED) is 0.530. The first-order chi connectivity index (χ1) is 6.86. The molecular formula is C12H20O3. The van der Waals surface area contributed by atoms with Crippen LogP contribution in [0.25, 0.3) is 0 Å². The Morgan fingerprint density at radius 3 is 2.53 bits per heavy atom. The highest BCUT2D eigenvalue weighted by Crippen LogP contribution is 2.40. The first-order valence-electron chi connectivity index (χ1n) is 5.39. The molecule has 0 aromatic heterocycles. The van der Waals surface area contributed by atoms with Crippen molar-refractivity contribution >= 4 is 5.97 Å². The minimum absolute atomic E-state index is 0.204. The molecule has 0 heterocycles. The average molecular weight is 212 g/mol. The van der Waals surface area contributed by atoms with Crippen molar-refractivity contribution in [2.24, 2.45) is 11.3 Å². The molecule has 0 N–H and O–H groups in total. The van der Waals surface area contributed by atoms with Crippen molar-refractivity contribution in [2.45, 2.75) is 40.2 Å². The van der Waals surface area contributed by atoms with Gasteiger partial charge in [0.05, 0.1) is 11.5 Å². The normalized spacial score (nSPS) is 24.8. The summed E-state index contributed by atoms with van der Waals surface area (Å²) < 4.78 is 10.6. The molecule has 0 bridgehead atoms. The van der Waals surface area contributed by atoms with E-state index in [2.05, 4.69) is 6.58 Å². The van der Waals surface area contributed by atoms with Gasteiger partial charge in [0.25, 0.3) is 0 Å². The smallest absolute Gasteiger partial charge is 0.316 e. The van der Waals surface area contributed by atoms with E-state index in [0.717, 1.165) is 6.42 Å². The fourth-order valence-corrected chi connectivity index (χ4v) is 1.26. The molecule has 3 heteroatoms. The van der Waals surface area contributed by atoms with Gasteiger partial charge >= 0.3 is 5.97 Å². The second-order valence-electron chi connectivity index (χ2n) is 4.94. The molecule has 0 spiro atoms. The summed E-state index contributed by atoms with van der Waals surface area (Å²) in [6, 6.07) is 0. The molecule has 0 aromatic rings. The SMILES string of the molecule is C=C(OC(=O)C(C)(C)C)[C@@H]1C[C@H]1OCC. The highest BCUT2D eigenvalue weighted by atomic mass is 16.5. The third-order valence-corrected chi connectivity index (χ3v) is 2.36. The predicted octanol–water partition coefficient (Wildman–Crippen LogP) is 2.51. The number of carbonyl (C=O) groups excluding carboxylic acids is 1. The Balaban J connectivity index is 2.35. The highest BCUT2D eigenvalue weighted by molar-refractivity contribution is 5.76. The molecule has 3 nitrogen and oxygen atoms in total. The average Bonchev–Trinajstić information content (AvgIpc) is 2.82. The van der Waals surface area contributed by atoms with Gasteiger partial charge in [0.15, 0.2) is 0 Å². The molecule has 0 radical (unpaired) electrons. The van der Waals surface area contributed by atoms with E-state index < -0.39 is 5.41 Å². The Labute approximate surface area is 91.4 Å². The lowest BCUT2D eigenvalue weighted by Gasteiger charge is -2.17. The zero-order chi connectivity index (χ0) is 11.6. The Hall–Kier alpha value is -0.830. The second kappa shape index (κ2) is 4.35. The minimum atomic E-state index is -0.473. The van der Waals surface area contributed by atoms with Crippen molar-refractivity contribution in [3.8, 4) is 0 Å². The number of hydrogen-bond donors (Lipinski definition) is 0. The first kappa shape index (κ1) is 12.2. The van der Waals surface area contributed by atoms with Gasteiger partial charge in [0.1, 0.15) is 5.76 Å². The number of hydrogen-bond acceptors (Lipinski definition) is 3. The molecule has 0 amide bonds. The van der Waals surface area contributed by atoms with Crippen LogP contribution < -0.4 is 0 Å². The third kappa shape index (κ3) is 3.34. The fourth-order valence-electron chi connectivity index (χ4n) is 1.26. The van der Waals surface area contributed by atoms with Gasteiger partial charge < -0.3 is 9.47 Å². The maximum Gasteiger partial charge on any atom is 0.316 e. The molecule has 1 aliphatic rings. The van der Waals surface area contributed by atoms with Crippen molar-refractivity contribution in [1.29, 1.82) is 0 Å². The van der Waals surface area contributed by atoms with Crippen molar-refractivity contribution in [3.05, 3.63) is 12.3 Å². The van der Waals surface area contributed by atoms with Crippen molar-refractivity contribution in [2.75, 3.05) is 6.61 Å². The van der Waals surface area contributed by atoms with Gasteiger partial charge in [-0.2, -0.15) is 0 Å². The van der Waals surface area contributed by atoms with E-state index in [0.29, 0.717) is 12.4 Å². The molecule has 0 unspecified atom stereocenters. The predicted molar refractivity (Wildman–Crippen MR) is 58.2 cm³/mol. The molecule has 1 saturated carbocycles. The number of ether oxygens (including phenoxy) is 2. The lowest BCUT2D eigenvalue weighted by molar-refractivity contribution is -0.149. The molecule has 1 rings (SSSR count).